The summed E-state index contributed by atoms with van der Waals surface area (Å²) in [6.07, 6.45) is 8.31. The summed E-state index contributed by atoms with van der Waals surface area (Å²) in [5, 5.41) is 3.44. The van der Waals surface area contributed by atoms with Gasteiger partial charge in [-0.25, -0.2) is 0 Å². The molecule has 1 saturated heterocycles. The number of rotatable bonds is 2. The van der Waals surface area contributed by atoms with Gasteiger partial charge in [-0.05, 0) is 32.7 Å². The third kappa shape index (κ3) is 2.19. The zero-order valence-electron chi connectivity index (χ0n) is 6.06. The molecule has 0 bridgehead atoms. The monoisotopic (exact) mass is 125 g/mol. The van der Waals surface area contributed by atoms with E-state index in [-0.39, 0.29) is 0 Å². The number of hydrogen-bond acceptors (Lipinski definition) is 1. The van der Waals surface area contributed by atoms with Crippen molar-refractivity contribution in [1.82, 2.24) is 5.32 Å². The van der Waals surface area contributed by atoms with E-state index < -0.39 is 0 Å². The van der Waals surface area contributed by atoms with Crippen molar-refractivity contribution in [3.8, 4) is 0 Å². The molecule has 1 atom stereocenters. The molecule has 1 heteroatoms. The molecule has 1 nitrogen and oxygen atoms in total. The van der Waals surface area contributed by atoms with Crippen molar-refractivity contribution in [2.75, 3.05) is 6.54 Å². The Hall–Kier alpha value is -0.300. The van der Waals surface area contributed by atoms with E-state index in [0.29, 0.717) is 0 Å². The molecule has 9 heavy (non-hydrogen) atoms. The highest BCUT2D eigenvalue weighted by Crippen LogP contribution is 2.08. The van der Waals surface area contributed by atoms with Crippen molar-refractivity contribution < 1.29 is 0 Å². The lowest BCUT2D eigenvalue weighted by atomic mass is 10.1. The Morgan fingerprint density at radius 3 is 3.11 bits per heavy atom. The second-order valence-corrected chi connectivity index (χ2v) is 2.60. The third-order valence-corrected chi connectivity index (χ3v) is 1.82. The SMILES string of the molecule is C/C=C/CC1CCCN1. The van der Waals surface area contributed by atoms with Crippen LogP contribution in [0.25, 0.3) is 0 Å². The van der Waals surface area contributed by atoms with Gasteiger partial charge in [-0.3, -0.25) is 0 Å². The summed E-state index contributed by atoms with van der Waals surface area (Å²) in [6, 6.07) is 0.779. The smallest absolute Gasteiger partial charge is 0.0102 e. The second kappa shape index (κ2) is 3.67. The van der Waals surface area contributed by atoms with Crippen LogP contribution in [0.5, 0.6) is 0 Å². The van der Waals surface area contributed by atoms with Gasteiger partial charge in [0.1, 0.15) is 0 Å². The largest absolute Gasteiger partial charge is 0.314 e. The maximum absolute atomic E-state index is 3.44. The van der Waals surface area contributed by atoms with Crippen LogP contribution in [0, 0.1) is 0 Å². The van der Waals surface area contributed by atoms with E-state index >= 15 is 0 Å². The molecule has 1 aliphatic heterocycles. The minimum absolute atomic E-state index is 0.779. The quantitative estimate of drug-likeness (QED) is 0.554. The van der Waals surface area contributed by atoms with Gasteiger partial charge in [-0.2, -0.15) is 0 Å². The van der Waals surface area contributed by atoms with E-state index in [0.717, 1.165) is 6.04 Å². The van der Waals surface area contributed by atoms with Gasteiger partial charge in [0, 0.05) is 6.04 Å². The first kappa shape index (κ1) is 6.81. The normalized spacial score (nSPS) is 27.9. The van der Waals surface area contributed by atoms with Crippen LogP contribution in [-0.4, -0.2) is 12.6 Å². The molecule has 1 rings (SSSR count). The lowest BCUT2D eigenvalue weighted by Gasteiger charge is -2.03. The summed E-state index contributed by atoms with van der Waals surface area (Å²) in [6.45, 7) is 3.30. The predicted molar refractivity (Wildman–Crippen MR) is 40.5 cm³/mol. The second-order valence-electron chi connectivity index (χ2n) is 2.60. The van der Waals surface area contributed by atoms with Crippen LogP contribution in [-0.2, 0) is 0 Å². The standard InChI is InChI=1S/C8H15N/c1-2-3-5-8-6-4-7-9-8/h2-3,8-9H,4-7H2,1H3/b3-2+. The Labute approximate surface area is 57.1 Å². The van der Waals surface area contributed by atoms with Crippen molar-refractivity contribution >= 4 is 0 Å². The Morgan fingerprint density at radius 1 is 1.67 bits per heavy atom. The number of hydrogen-bond donors (Lipinski definition) is 1. The summed E-state index contributed by atoms with van der Waals surface area (Å²) in [5.41, 5.74) is 0. The van der Waals surface area contributed by atoms with Gasteiger partial charge < -0.3 is 5.32 Å². The first-order valence-corrected chi connectivity index (χ1v) is 3.78. The summed E-state index contributed by atoms with van der Waals surface area (Å²) in [7, 11) is 0. The molecule has 0 aromatic rings. The molecule has 0 saturated carbocycles. The fraction of sp³-hybridized carbons (Fsp3) is 0.750. The van der Waals surface area contributed by atoms with Crippen LogP contribution in [0.2, 0.25) is 0 Å². The molecular formula is C8H15N. The van der Waals surface area contributed by atoms with Crippen LogP contribution in [0.3, 0.4) is 0 Å². The minimum Gasteiger partial charge on any atom is -0.314 e. The van der Waals surface area contributed by atoms with Crippen LogP contribution < -0.4 is 5.32 Å². The maximum atomic E-state index is 3.44. The van der Waals surface area contributed by atoms with Gasteiger partial charge in [0.2, 0.25) is 0 Å². The van der Waals surface area contributed by atoms with Gasteiger partial charge in [0.15, 0.2) is 0 Å². The van der Waals surface area contributed by atoms with Crippen molar-refractivity contribution in [1.29, 1.82) is 0 Å². The average molecular weight is 125 g/mol. The molecule has 0 radical (unpaired) electrons. The van der Waals surface area contributed by atoms with Crippen LogP contribution >= 0.6 is 0 Å². The van der Waals surface area contributed by atoms with Crippen LogP contribution in [0.15, 0.2) is 12.2 Å². The maximum Gasteiger partial charge on any atom is 0.0102 e. The van der Waals surface area contributed by atoms with Gasteiger partial charge >= 0.3 is 0 Å². The molecule has 0 spiro atoms. The summed E-state index contributed by atoms with van der Waals surface area (Å²) in [4.78, 5) is 0. The van der Waals surface area contributed by atoms with E-state index in [9.17, 15) is 0 Å². The van der Waals surface area contributed by atoms with E-state index in [1.807, 2.05) is 0 Å². The molecule has 0 aromatic carbocycles. The topological polar surface area (TPSA) is 12.0 Å². The number of allylic oxidation sites excluding steroid dienone is 1. The Kier molecular flexibility index (Phi) is 2.78. The summed E-state index contributed by atoms with van der Waals surface area (Å²) in [5.74, 6) is 0. The van der Waals surface area contributed by atoms with Crippen molar-refractivity contribution in [3.63, 3.8) is 0 Å². The average Bonchev–Trinajstić information content (AvgIpc) is 2.34. The molecule has 0 amide bonds. The van der Waals surface area contributed by atoms with E-state index in [4.69, 9.17) is 0 Å². The fourth-order valence-electron chi connectivity index (χ4n) is 1.26. The van der Waals surface area contributed by atoms with Gasteiger partial charge in [0.05, 0.1) is 0 Å². The number of nitrogens with one attached hydrogen (secondary N) is 1. The molecule has 1 fully saturated rings. The molecule has 1 aliphatic rings. The molecule has 52 valence electrons. The first-order valence-electron chi connectivity index (χ1n) is 3.78. The van der Waals surface area contributed by atoms with Gasteiger partial charge in [-0.1, -0.05) is 12.2 Å². The predicted octanol–water partition coefficient (Wildman–Crippen LogP) is 1.70. The first-order chi connectivity index (χ1) is 4.43. The Balaban J connectivity index is 2.11. The molecule has 1 heterocycles. The summed E-state index contributed by atoms with van der Waals surface area (Å²) < 4.78 is 0. The third-order valence-electron chi connectivity index (χ3n) is 1.82. The zero-order chi connectivity index (χ0) is 6.53. The van der Waals surface area contributed by atoms with Crippen LogP contribution in [0.1, 0.15) is 26.2 Å². The highest BCUT2D eigenvalue weighted by molar-refractivity contribution is 4.85. The van der Waals surface area contributed by atoms with E-state index in [1.165, 1.54) is 25.8 Å². The highest BCUT2D eigenvalue weighted by Gasteiger charge is 2.10. The van der Waals surface area contributed by atoms with Crippen molar-refractivity contribution in [3.05, 3.63) is 12.2 Å². The fourth-order valence-corrected chi connectivity index (χ4v) is 1.26. The van der Waals surface area contributed by atoms with E-state index in [2.05, 4.69) is 24.4 Å². The Bertz CT molecular complexity index is 90.7. The van der Waals surface area contributed by atoms with Gasteiger partial charge in [-0.15, -0.1) is 0 Å². The molecule has 1 unspecified atom stereocenters. The molecule has 0 aliphatic carbocycles. The lowest BCUT2D eigenvalue weighted by molar-refractivity contribution is 0.614. The molecular weight excluding hydrogens is 110 g/mol. The van der Waals surface area contributed by atoms with Crippen molar-refractivity contribution in [2.24, 2.45) is 0 Å². The Morgan fingerprint density at radius 2 is 2.56 bits per heavy atom. The zero-order valence-corrected chi connectivity index (χ0v) is 6.06. The summed E-state index contributed by atoms with van der Waals surface area (Å²) >= 11 is 0. The highest BCUT2D eigenvalue weighted by atomic mass is 14.9. The molecule has 0 aromatic heterocycles. The van der Waals surface area contributed by atoms with E-state index in [1.54, 1.807) is 0 Å². The minimum atomic E-state index is 0.779. The van der Waals surface area contributed by atoms with Crippen LogP contribution in [0.4, 0.5) is 0 Å². The lowest BCUT2D eigenvalue weighted by Crippen LogP contribution is -2.19. The van der Waals surface area contributed by atoms with Gasteiger partial charge in [0.25, 0.3) is 0 Å². The molecule has 1 N–H and O–H groups in total. The van der Waals surface area contributed by atoms with Crippen molar-refractivity contribution in [2.45, 2.75) is 32.2 Å².